The van der Waals surface area contributed by atoms with Gasteiger partial charge in [0.15, 0.2) is 0 Å². The minimum absolute atomic E-state index is 0.166. The zero-order valence-electron chi connectivity index (χ0n) is 13.4. The zero-order chi connectivity index (χ0) is 16.8. The van der Waals surface area contributed by atoms with Gasteiger partial charge in [-0.25, -0.2) is 4.79 Å². The van der Waals surface area contributed by atoms with Gasteiger partial charge in [-0.2, -0.15) is 0 Å². The first-order valence-corrected chi connectivity index (χ1v) is 7.15. The Labute approximate surface area is 135 Å². The molecule has 2 aromatic carbocycles. The van der Waals surface area contributed by atoms with Gasteiger partial charge in [0.25, 0.3) is 5.91 Å². The van der Waals surface area contributed by atoms with Crippen LogP contribution in [0.1, 0.15) is 31.8 Å². The Morgan fingerprint density at radius 2 is 1.74 bits per heavy atom. The summed E-state index contributed by atoms with van der Waals surface area (Å²) in [5, 5.41) is 2.82. The third kappa shape index (κ3) is 4.10. The Bertz CT molecular complexity index is 707. The van der Waals surface area contributed by atoms with Gasteiger partial charge in [-0.15, -0.1) is 0 Å². The number of hydrogen-bond donors (Lipinski definition) is 1. The fourth-order valence-corrected chi connectivity index (χ4v) is 2.12. The lowest BCUT2D eigenvalue weighted by molar-refractivity contribution is 0.0597. The van der Waals surface area contributed by atoms with E-state index >= 15 is 0 Å². The molecule has 1 amide bonds. The van der Waals surface area contributed by atoms with Crippen molar-refractivity contribution in [1.82, 2.24) is 5.32 Å². The van der Waals surface area contributed by atoms with Gasteiger partial charge in [-0.3, -0.25) is 4.79 Å². The van der Waals surface area contributed by atoms with Crippen LogP contribution in [-0.4, -0.2) is 26.1 Å². The van der Waals surface area contributed by atoms with Crippen molar-refractivity contribution in [3.05, 3.63) is 64.7 Å². The van der Waals surface area contributed by atoms with Gasteiger partial charge in [0.1, 0.15) is 11.3 Å². The summed E-state index contributed by atoms with van der Waals surface area (Å²) >= 11 is 0. The van der Waals surface area contributed by atoms with E-state index in [2.05, 4.69) is 5.32 Å². The number of aryl methyl sites for hydroxylation is 1. The van der Waals surface area contributed by atoms with Crippen molar-refractivity contribution in [3.8, 4) is 5.75 Å². The number of hydrogen-bond acceptors (Lipinski definition) is 4. The van der Waals surface area contributed by atoms with Gasteiger partial charge in [0.05, 0.1) is 14.2 Å². The van der Waals surface area contributed by atoms with Crippen molar-refractivity contribution < 1.29 is 19.1 Å². The van der Waals surface area contributed by atoms with E-state index in [9.17, 15) is 9.59 Å². The molecule has 0 fully saturated rings. The Morgan fingerprint density at radius 1 is 1.04 bits per heavy atom. The molecule has 0 bridgehead atoms. The summed E-state index contributed by atoms with van der Waals surface area (Å²) < 4.78 is 9.87. The third-order valence-corrected chi connectivity index (χ3v) is 3.44. The predicted molar refractivity (Wildman–Crippen MR) is 86.7 cm³/mol. The van der Waals surface area contributed by atoms with E-state index in [1.54, 1.807) is 30.3 Å². The maximum absolute atomic E-state index is 12.1. The van der Waals surface area contributed by atoms with Crippen LogP contribution in [-0.2, 0) is 11.3 Å². The minimum atomic E-state index is -0.478. The van der Waals surface area contributed by atoms with Crippen LogP contribution in [0, 0.1) is 6.92 Å². The molecule has 0 atom stereocenters. The van der Waals surface area contributed by atoms with Crippen molar-refractivity contribution >= 4 is 11.9 Å². The molecular weight excluding hydrogens is 294 g/mol. The van der Waals surface area contributed by atoms with Gasteiger partial charge >= 0.3 is 5.97 Å². The molecule has 23 heavy (non-hydrogen) atoms. The van der Waals surface area contributed by atoms with Crippen molar-refractivity contribution in [2.24, 2.45) is 0 Å². The second kappa shape index (κ2) is 7.45. The molecule has 0 aliphatic carbocycles. The summed E-state index contributed by atoms with van der Waals surface area (Å²) in [6.07, 6.45) is 0. The SMILES string of the molecule is COC(=O)c1cc(CNC(=O)c2ccc(C)cc2)ccc1OC. The van der Waals surface area contributed by atoms with Crippen molar-refractivity contribution in [2.45, 2.75) is 13.5 Å². The number of esters is 1. The second-order valence-corrected chi connectivity index (χ2v) is 5.07. The van der Waals surface area contributed by atoms with Crippen LogP contribution < -0.4 is 10.1 Å². The highest BCUT2D eigenvalue weighted by Gasteiger charge is 2.14. The standard InChI is InChI=1S/C18H19NO4/c1-12-4-7-14(8-5-12)17(20)19-11-13-6-9-16(22-2)15(10-13)18(21)23-3/h4-10H,11H2,1-3H3,(H,19,20). The number of amides is 1. The monoisotopic (exact) mass is 313 g/mol. The zero-order valence-corrected chi connectivity index (χ0v) is 13.4. The highest BCUT2D eigenvalue weighted by atomic mass is 16.5. The molecule has 0 unspecified atom stereocenters. The molecule has 1 N–H and O–H groups in total. The topological polar surface area (TPSA) is 64.6 Å². The molecule has 0 saturated heterocycles. The van der Waals surface area contributed by atoms with E-state index in [1.165, 1.54) is 14.2 Å². The molecule has 2 rings (SSSR count). The molecule has 0 saturated carbocycles. The molecule has 5 heteroatoms. The third-order valence-electron chi connectivity index (χ3n) is 3.44. The van der Waals surface area contributed by atoms with Crippen molar-refractivity contribution in [1.29, 1.82) is 0 Å². The summed E-state index contributed by atoms with van der Waals surface area (Å²) in [6.45, 7) is 2.27. The summed E-state index contributed by atoms with van der Waals surface area (Å²) in [7, 11) is 2.80. The Balaban J connectivity index is 2.09. The summed E-state index contributed by atoms with van der Waals surface area (Å²) in [5.41, 5.74) is 2.81. The molecule has 0 aromatic heterocycles. The number of benzene rings is 2. The van der Waals surface area contributed by atoms with E-state index in [-0.39, 0.29) is 5.91 Å². The Kier molecular flexibility index (Phi) is 5.36. The lowest BCUT2D eigenvalue weighted by atomic mass is 10.1. The largest absolute Gasteiger partial charge is 0.496 e. The van der Waals surface area contributed by atoms with Crippen LogP contribution >= 0.6 is 0 Å². The molecule has 0 aliphatic rings. The van der Waals surface area contributed by atoms with E-state index in [0.717, 1.165) is 11.1 Å². The normalized spacial score (nSPS) is 10.0. The number of ether oxygens (including phenoxy) is 2. The molecule has 0 heterocycles. The Hall–Kier alpha value is -2.82. The molecular formula is C18H19NO4. The minimum Gasteiger partial charge on any atom is -0.496 e. The van der Waals surface area contributed by atoms with Gasteiger partial charge in [-0.05, 0) is 36.8 Å². The number of rotatable bonds is 5. The lowest BCUT2D eigenvalue weighted by Crippen LogP contribution is -2.23. The van der Waals surface area contributed by atoms with Crippen LogP contribution in [0.5, 0.6) is 5.75 Å². The number of carbonyl (C=O) groups excluding carboxylic acids is 2. The van der Waals surface area contributed by atoms with Crippen molar-refractivity contribution in [2.75, 3.05) is 14.2 Å². The van der Waals surface area contributed by atoms with Gasteiger partial charge in [0.2, 0.25) is 0 Å². The highest BCUT2D eigenvalue weighted by Crippen LogP contribution is 2.20. The van der Waals surface area contributed by atoms with E-state index in [1.807, 2.05) is 19.1 Å². The van der Waals surface area contributed by atoms with E-state index < -0.39 is 5.97 Å². The van der Waals surface area contributed by atoms with Crippen LogP contribution in [0.15, 0.2) is 42.5 Å². The average molecular weight is 313 g/mol. The number of nitrogens with one attached hydrogen (secondary N) is 1. The fourth-order valence-electron chi connectivity index (χ4n) is 2.12. The van der Waals surface area contributed by atoms with Crippen LogP contribution in [0.4, 0.5) is 0 Å². The van der Waals surface area contributed by atoms with Crippen LogP contribution in [0.25, 0.3) is 0 Å². The first-order chi connectivity index (χ1) is 11.0. The second-order valence-electron chi connectivity index (χ2n) is 5.07. The van der Waals surface area contributed by atoms with Gasteiger partial charge < -0.3 is 14.8 Å². The first kappa shape index (κ1) is 16.5. The fraction of sp³-hybridized carbons (Fsp3) is 0.222. The average Bonchev–Trinajstić information content (AvgIpc) is 2.59. The van der Waals surface area contributed by atoms with Crippen LogP contribution in [0.2, 0.25) is 0 Å². The molecule has 2 aromatic rings. The van der Waals surface area contributed by atoms with E-state index in [0.29, 0.717) is 23.4 Å². The van der Waals surface area contributed by atoms with Crippen LogP contribution in [0.3, 0.4) is 0 Å². The van der Waals surface area contributed by atoms with E-state index in [4.69, 9.17) is 9.47 Å². The predicted octanol–water partition coefficient (Wildman–Crippen LogP) is 2.72. The van der Waals surface area contributed by atoms with Gasteiger partial charge in [-0.1, -0.05) is 23.8 Å². The molecule has 0 spiro atoms. The highest BCUT2D eigenvalue weighted by molar-refractivity contribution is 5.94. The van der Waals surface area contributed by atoms with Crippen molar-refractivity contribution in [3.63, 3.8) is 0 Å². The number of carbonyl (C=O) groups is 2. The smallest absolute Gasteiger partial charge is 0.341 e. The maximum atomic E-state index is 12.1. The molecule has 0 aliphatic heterocycles. The maximum Gasteiger partial charge on any atom is 0.341 e. The molecule has 120 valence electrons. The summed E-state index contributed by atoms with van der Waals surface area (Å²) in [6, 6.07) is 12.5. The summed E-state index contributed by atoms with van der Waals surface area (Å²) in [5.74, 6) is -0.209. The quantitative estimate of drug-likeness (QED) is 0.862. The van der Waals surface area contributed by atoms with Gasteiger partial charge in [0, 0.05) is 12.1 Å². The number of methoxy groups -OCH3 is 2. The molecule has 5 nitrogen and oxygen atoms in total. The lowest BCUT2D eigenvalue weighted by Gasteiger charge is -2.10. The first-order valence-electron chi connectivity index (χ1n) is 7.15. The molecule has 0 radical (unpaired) electrons. The Morgan fingerprint density at radius 3 is 2.35 bits per heavy atom. The summed E-state index contributed by atoms with van der Waals surface area (Å²) in [4.78, 5) is 23.8.